The number of hydrogen-bond donors (Lipinski definition) is 1. The molecule has 0 heterocycles. The molecule has 20 heavy (non-hydrogen) atoms. The number of aromatic carboxylic acids is 1. The van der Waals surface area contributed by atoms with Crippen molar-refractivity contribution in [3.8, 4) is 11.8 Å². The zero-order chi connectivity index (χ0) is 14.5. The van der Waals surface area contributed by atoms with Crippen molar-refractivity contribution < 1.29 is 14.6 Å². The summed E-state index contributed by atoms with van der Waals surface area (Å²) in [5, 5.41) is 17.7. The summed E-state index contributed by atoms with van der Waals surface area (Å²) in [4.78, 5) is 10.9. The smallest absolute Gasteiger partial charge is 0.335 e. The summed E-state index contributed by atoms with van der Waals surface area (Å²) >= 11 is 0. The minimum atomic E-state index is -0.978. The molecule has 0 amide bonds. The van der Waals surface area contributed by atoms with Gasteiger partial charge >= 0.3 is 5.97 Å². The molecule has 0 fully saturated rings. The molecule has 0 aliphatic carbocycles. The van der Waals surface area contributed by atoms with Crippen LogP contribution in [-0.2, 0) is 6.61 Å². The molecule has 4 nitrogen and oxygen atoms in total. The maximum atomic E-state index is 10.9. The van der Waals surface area contributed by atoms with Crippen LogP contribution in [-0.4, -0.2) is 11.1 Å². The molecule has 0 saturated heterocycles. The lowest BCUT2D eigenvalue weighted by Crippen LogP contribution is -2.01. The van der Waals surface area contributed by atoms with Crippen molar-refractivity contribution in [3.05, 3.63) is 64.7 Å². The van der Waals surface area contributed by atoms with Gasteiger partial charge in [0.25, 0.3) is 0 Å². The number of carboxylic acid groups (broad SMARTS) is 1. The third kappa shape index (κ3) is 3.15. The van der Waals surface area contributed by atoms with Crippen molar-refractivity contribution in [2.24, 2.45) is 0 Å². The summed E-state index contributed by atoms with van der Waals surface area (Å²) in [6.07, 6.45) is 0. The Hall–Kier alpha value is -2.80. The lowest BCUT2D eigenvalue weighted by molar-refractivity contribution is 0.0696. The minimum Gasteiger partial charge on any atom is -0.489 e. The fraction of sp³-hybridized carbons (Fsp3) is 0.125. The van der Waals surface area contributed by atoms with E-state index in [4.69, 9.17) is 15.1 Å². The van der Waals surface area contributed by atoms with Crippen molar-refractivity contribution in [1.29, 1.82) is 5.26 Å². The minimum absolute atomic E-state index is 0.199. The van der Waals surface area contributed by atoms with E-state index in [1.165, 1.54) is 6.07 Å². The topological polar surface area (TPSA) is 70.3 Å². The van der Waals surface area contributed by atoms with Gasteiger partial charge in [-0.2, -0.15) is 5.26 Å². The maximum absolute atomic E-state index is 10.9. The van der Waals surface area contributed by atoms with Gasteiger partial charge in [-0.3, -0.25) is 0 Å². The van der Waals surface area contributed by atoms with E-state index in [0.717, 1.165) is 11.1 Å². The SMILES string of the molecule is Cc1ccc(C(=O)O)cc1OCc1ccc(C#N)cc1. The molecule has 1 N–H and O–H groups in total. The summed E-state index contributed by atoms with van der Waals surface area (Å²) < 4.78 is 5.64. The van der Waals surface area contributed by atoms with Gasteiger partial charge in [0.2, 0.25) is 0 Å². The molecule has 0 radical (unpaired) electrons. The van der Waals surface area contributed by atoms with Gasteiger partial charge in [0, 0.05) is 0 Å². The number of hydrogen-bond acceptors (Lipinski definition) is 3. The highest BCUT2D eigenvalue weighted by Crippen LogP contribution is 2.21. The van der Waals surface area contributed by atoms with Crippen LogP contribution in [0.25, 0.3) is 0 Å². The van der Waals surface area contributed by atoms with Gasteiger partial charge in [-0.15, -0.1) is 0 Å². The molecule has 0 aliphatic heterocycles. The van der Waals surface area contributed by atoms with Crippen LogP contribution >= 0.6 is 0 Å². The highest BCUT2D eigenvalue weighted by molar-refractivity contribution is 5.88. The molecular formula is C16H13NO3. The fourth-order valence-electron chi connectivity index (χ4n) is 1.73. The Kier molecular flexibility index (Phi) is 4.02. The van der Waals surface area contributed by atoms with Crippen molar-refractivity contribution in [2.75, 3.05) is 0 Å². The van der Waals surface area contributed by atoms with Crippen LogP contribution in [0.15, 0.2) is 42.5 Å². The van der Waals surface area contributed by atoms with E-state index in [0.29, 0.717) is 17.9 Å². The first-order chi connectivity index (χ1) is 9.60. The number of rotatable bonds is 4. The molecule has 4 heteroatoms. The van der Waals surface area contributed by atoms with Gasteiger partial charge < -0.3 is 9.84 Å². The third-order valence-electron chi connectivity index (χ3n) is 2.91. The number of carboxylic acids is 1. The van der Waals surface area contributed by atoms with E-state index in [-0.39, 0.29) is 5.56 Å². The average Bonchev–Trinajstić information content (AvgIpc) is 2.46. The second kappa shape index (κ2) is 5.89. The van der Waals surface area contributed by atoms with Crippen molar-refractivity contribution in [2.45, 2.75) is 13.5 Å². The largest absolute Gasteiger partial charge is 0.489 e. The highest BCUT2D eigenvalue weighted by Gasteiger charge is 2.07. The van der Waals surface area contributed by atoms with Crippen LogP contribution in [0.5, 0.6) is 5.75 Å². The fourth-order valence-corrected chi connectivity index (χ4v) is 1.73. The Labute approximate surface area is 116 Å². The molecule has 100 valence electrons. The monoisotopic (exact) mass is 267 g/mol. The van der Waals surface area contributed by atoms with Gasteiger partial charge in [-0.05, 0) is 42.3 Å². The Bertz CT molecular complexity index is 669. The van der Waals surface area contributed by atoms with Gasteiger partial charge in [0.05, 0.1) is 17.2 Å². The second-order valence-electron chi connectivity index (χ2n) is 4.38. The lowest BCUT2D eigenvalue weighted by atomic mass is 10.1. The molecule has 0 aliphatic rings. The summed E-state index contributed by atoms with van der Waals surface area (Å²) in [5.41, 5.74) is 2.59. The van der Waals surface area contributed by atoms with Gasteiger partial charge in [0.1, 0.15) is 12.4 Å². The predicted octanol–water partition coefficient (Wildman–Crippen LogP) is 3.14. The summed E-state index contributed by atoms with van der Waals surface area (Å²) in [6, 6.07) is 13.9. The molecular weight excluding hydrogens is 254 g/mol. The van der Waals surface area contributed by atoms with E-state index in [1.807, 2.05) is 19.1 Å². The molecule has 2 aromatic rings. The number of ether oxygens (including phenoxy) is 1. The molecule has 2 rings (SSSR count). The summed E-state index contributed by atoms with van der Waals surface area (Å²) in [7, 11) is 0. The van der Waals surface area contributed by atoms with Gasteiger partial charge in [-0.1, -0.05) is 18.2 Å². The Morgan fingerprint density at radius 1 is 1.25 bits per heavy atom. The van der Waals surface area contributed by atoms with Crippen molar-refractivity contribution in [3.63, 3.8) is 0 Å². The highest BCUT2D eigenvalue weighted by atomic mass is 16.5. The van der Waals surface area contributed by atoms with Crippen LogP contribution < -0.4 is 4.74 Å². The summed E-state index contributed by atoms with van der Waals surface area (Å²) in [5.74, 6) is -0.428. The third-order valence-corrected chi connectivity index (χ3v) is 2.91. The maximum Gasteiger partial charge on any atom is 0.335 e. The van der Waals surface area contributed by atoms with Gasteiger partial charge in [-0.25, -0.2) is 4.79 Å². The molecule has 0 bridgehead atoms. The van der Waals surface area contributed by atoms with Gasteiger partial charge in [0.15, 0.2) is 0 Å². The Morgan fingerprint density at radius 2 is 1.95 bits per heavy atom. The Balaban J connectivity index is 2.12. The molecule has 0 spiro atoms. The standard InChI is InChI=1S/C16H13NO3/c1-11-2-7-14(16(18)19)8-15(11)20-10-13-5-3-12(9-17)4-6-13/h2-8H,10H2,1H3,(H,18,19). The van der Waals surface area contributed by atoms with E-state index >= 15 is 0 Å². The molecule has 2 aromatic carbocycles. The van der Waals surface area contributed by atoms with Crippen LogP contribution in [0.2, 0.25) is 0 Å². The van der Waals surface area contributed by atoms with Crippen LogP contribution in [0.1, 0.15) is 27.0 Å². The molecule has 0 aromatic heterocycles. The quantitative estimate of drug-likeness (QED) is 0.923. The zero-order valence-electron chi connectivity index (χ0n) is 11.0. The first-order valence-electron chi connectivity index (χ1n) is 6.06. The van der Waals surface area contributed by atoms with Crippen LogP contribution in [0.4, 0.5) is 0 Å². The zero-order valence-corrected chi connectivity index (χ0v) is 11.0. The predicted molar refractivity (Wildman–Crippen MR) is 73.6 cm³/mol. The molecule has 0 saturated carbocycles. The Morgan fingerprint density at radius 3 is 2.55 bits per heavy atom. The first-order valence-corrected chi connectivity index (χ1v) is 6.06. The van der Waals surface area contributed by atoms with E-state index in [2.05, 4.69) is 6.07 Å². The first kappa shape index (κ1) is 13.6. The number of nitriles is 1. The average molecular weight is 267 g/mol. The molecule has 0 unspecified atom stereocenters. The number of aryl methyl sites for hydroxylation is 1. The van der Waals surface area contributed by atoms with E-state index < -0.39 is 5.97 Å². The number of benzene rings is 2. The van der Waals surface area contributed by atoms with Crippen molar-refractivity contribution in [1.82, 2.24) is 0 Å². The normalized spacial score (nSPS) is 9.80. The summed E-state index contributed by atoms with van der Waals surface area (Å²) in [6.45, 7) is 2.19. The van der Waals surface area contributed by atoms with E-state index in [9.17, 15) is 4.79 Å². The van der Waals surface area contributed by atoms with Crippen LogP contribution in [0.3, 0.4) is 0 Å². The van der Waals surface area contributed by atoms with Crippen LogP contribution in [0, 0.1) is 18.3 Å². The lowest BCUT2D eigenvalue weighted by Gasteiger charge is -2.10. The van der Waals surface area contributed by atoms with Crippen molar-refractivity contribution >= 4 is 5.97 Å². The number of nitrogens with zero attached hydrogens (tertiary/aromatic N) is 1. The van der Waals surface area contributed by atoms with E-state index in [1.54, 1.807) is 24.3 Å². The second-order valence-corrected chi connectivity index (χ2v) is 4.38. The molecule has 0 atom stereocenters. The number of carbonyl (C=O) groups is 1.